The smallest absolute Gasteiger partial charge is 0.134 e. The van der Waals surface area contributed by atoms with E-state index >= 15 is 0 Å². The van der Waals surface area contributed by atoms with Gasteiger partial charge in [-0.05, 0) is 121 Å². The molecule has 8 aromatic rings. The van der Waals surface area contributed by atoms with E-state index in [1.807, 2.05) is 47.8 Å². The molecule has 0 saturated carbocycles. The van der Waals surface area contributed by atoms with Crippen LogP contribution in [0.4, 0.5) is 0 Å². The summed E-state index contributed by atoms with van der Waals surface area (Å²) in [4.78, 5) is 0. The second-order valence-corrected chi connectivity index (χ2v) is 12.5. The SMILES string of the molecule is Cc1ccc2c(C)coc2c1.Cc1ccc2c(C)csc2c1.Cc1coc2ccccc12.Cc1csc2ccccc12. The first-order valence-electron chi connectivity index (χ1n) is 14.0. The maximum Gasteiger partial charge on any atom is 0.134 e. The third-order valence-corrected chi connectivity index (χ3v) is 9.34. The highest BCUT2D eigenvalue weighted by Crippen LogP contribution is 2.26. The molecule has 0 aliphatic heterocycles. The highest BCUT2D eigenvalue weighted by atomic mass is 32.1. The van der Waals surface area contributed by atoms with Crippen LogP contribution in [0.25, 0.3) is 42.1 Å². The molecule has 0 unspecified atom stereocenters. The molecule has 0 spiro atoms. The van der Waals surface area contributed by atoms with Gasteiger partial charge in [0, 0.05) is 20.2 Å². The minimum absolute atomic E-state index is 0.972. The molecule has 0 N–H and O–H groups in total. The van der Waals surface area contributed by atoms with E-state index < -0.39 is 0 Å². The molecule has 0 atom stereocenters. The maximum absolute atomic E-state index is 5.33. The van der Waals surface area contributed by atoms with Crippen molar-refractivity contribution in [2.75, 3.05) is 0 Å². The zero-order valence-electron chi connectivity index (χ0n) is 25.0. The summed E-state index contributed by atoms with van der Waals surface area (Å²) in [6.45, 7) is 12.6. The number of benzene rings is 4. The molecule has 8 rings (SSSR count). The van der Waals surface area contributed by atoms with Gasteiger partial charge in [0.05, 0.1) is 12.5 Å². The van der Waals surface area contributed by atoms with Gasteiger partial charge in [-0.2, -0.15) is 0 Å². The Balaban J connectivity index is 0.000000112. The van der Waals surface area contributed by atoms with Crippen LogP contribution in [0.5, 0.6) is 0 Å². The van der Waals surface area contributed by atoms with Crippen LogP contribution in [-0.4, -0.2) is 0 Å². The van der Waals surface area contributed by atoms with Crippen LogP contribution in [0.2, 0.25) is 0 Å². The van der Waals surface area contributed by atoms with Gasteiger partial charge in [0.25, 0.3) is 0 Å². The van der Waals surface area contributed by atoms with Crippen LogP contribution in [0.1, 0.15) is 33.4 Å². The number of aryl methyl sites for hydroxylation is 6. The van der Waals surface area contributed by atoms with Crippen molar-refractivity contribution in [1.82, 2.24) is 0 Å². The Bertz CT molecular complexity index is 1920. The zero-order chi connectivity index (χ0) is 29.6. The number of furan rings is 2. The Morgan fingerprint density at radius 1 is 0.429 bits per heavy atom. The molecule has 4 aromatic heterocycles. The molecule has 4 heteroatoms. The summed E-state index contributed by atoms with van der Waals surface area (Å²) in [6.07, 6.45) is 3.58. The highest BCUT2D eigenvalue weighted by Gasteiger charge is 2.00. The summed E-state index contributed by atoms with van der Waals surface area (Å²) in [7, 11) is 0. The maximum atomic E-state index is 5.33. The predicted octanol–water partition coefficient (Wildman–Crippen LogP) is 12.5. The Morgan fingerprint density at radius 3 is 1.60 bits per heavy atom. The summed E-state index contributed by atoms with van der Waals surface area (Å²) in [6, 6.07) is 29.4. The van der Waals surface area contributed by atoms with E-state index in [1.54, 1.807) is 12.5 Å². The van der Waals surface area contributed by atoms with Gasteiger partial charge in [-0.15, -0.1) is 22.7 Å². The van der Waals surface area contributed by atoms with Gasteiger partial charge in [-0.25, -0.2) is 0 Å². The third kappa shape index (κ3) is 6.84. The average Bonchev–Trinajstić information content (AvgIpc) is 3.77. The lowest BCUT2D eigenvalue weighted by molar-refractivity contribution is 0.612. The van der Waals surface area contributed by atoms with E-state index in [4.69, 9.17) is 8.83 Å². The van der Waals surface area contributed by atoms with Crippen molar-refractivity contribution in [3.8, 4) is 0 Å². The van der Waals surface area contributed by atoms with Gasteiger partial charge in [-0.1, -0.05) is 60.7 Å². The molecule has 42 heavy (non-hydrogen) atoms. The van der Waals surface area contributed by atoms with E-state index in [2.05, 4.69) is 112 Å². The van der Waals surface area contributed by atoms with Gasteiger partial charge < -0.3 is 8.83 Å². The van der Waals surface area contributed by atoms with Crippen LogP contribution < -0.4 is 0 Å². The molecular weight excluding hydrogens is 553 g/mol. The van der Waals surface area contributed by atoms with Crippen LogP contribution in [0.3, 0.4) is 0 Å². The third-order valence-electron chi connectivity index (χ3n) is 7.20. The van der Waals surface area contributed by atoms with E-state index in [-0.39, 0.29) is 0 Å². The first-order chi connectivity index (χ1) is 20.3. The fourth-order valence-corrected chi connectivity index (χ4v) is 6.74. The van der Waals surface area contributed by atoms with Gasteiger partial charge in [0.15, 0.2) is 0 Å². The van der Waals surface area contributed by atoms with E-state index in [0.29, 0.717) is 0 Å². The van der Waals surface area contributed by atoms with Crippen molar-refractivity contribution in [1.29, 1.82) is 0 Å². The summed E-state index contributed by atoms with van der Waals surface area (Å²) in [5.74, 6) is 0. The number of thiophene rings is 2. The lowest BCUT2D eigenvalue weighted by Gasteiger charge is -1.92. The summed E-state index contributed by atoms with van der Waals surface area (Å²) >= 11 is 3.64. The zero-order valence-corrected chi connectivity index (χ0v) is 26.7. The number of hydrogen-bond donors (Lipinski definition) is 0. The van der Waals surface area contributed by atoms with Crippen molar-refractivity contribution < 1.29 is 8.83 Å². The molecule has 0 aliphatic rings. The summed E-state index contributed by atoms with van der Waals surface area (Å²) in [5, 5.41) is 9.64. The number of fused-ring (bicyclic) bond motifs is 4. The molecule has 4 aromatic carbocycles. The molecule has 4 heterocycles. The monoisotopic (exact) mass is 588 g/mol. The van der Waals surface area contributed by atoms with Gasteiger partial charge in [-0.3, -0.25) is 0 Å². The van der Waals surface area contributed by atoms with Gasteiger partial charge in [0.1, 0.15) is 11.2 Å². The second-order valence-electron chi connectivity index (χ2n) is 10.7. The lowest BCUT2D eigenvalue weighted by Crippen LogP contribution is -1.70. The fourth-order valence-electron chi connectivity index (χ4n) is 4.76. The first-order valence-corrected chi connectivity index (χ1v) is 15.8. The first kappa shape index (κ1) is 29.4. The summed E-state index contributed by atoms with van der Waals surface area (Å²) in [5.41, 5.74) is 9.75. The van der Waals surface area contributed by atoms with E-state index in [1.165, 1.54) is 64.3 Å². The van der Waals surface area contributed by atoms with Gasteiger partial charge in [0.2, 0.25) is 0 Å². The van der Waals surface area contributed by atoms with E-state index in [0.717, 1.165) is 11.2 Å². The minimum Gasteiger partial charge on any atom is -0.464 e. The van der Waals surface area contributed by atoms with Crippen LogP contribution in [0.15, 0.2) is 117 Å². The van der Waals surface area contributed by atoms with Crippen LogP contribution in [0, 0.1) is 41.5 Å². The van der Waals surface area contributed by atoms with Crippen molar-refractivity contribution >= 4 is 64.8 Å². The summed E-state index contributed by atoms with van der Waals surface area (Å²) < 4.78 is 13.4. The molecule has 2 nitrogen and oxygen atoms in total. The molecule has 0 saturated heterocycles. The molecule has 0 fully saturated rings. The van der Waals surface area contributed by atoms with E-state index in [9.17, 15) is 0 Å². The predicted molar refractivity (Wildman–Crippen MR) is 184 cm³/mol. The standard InChI is InChI=1S/C10H10O.C10H10S.C9H8O.C9H8S/c2*1-7-3-4-9-8(2)6-11-10(9)5-7;2*1-7-6-10-9-5-3-2-4-8(7)9/h2*3-6H,1-2H3;2*2-6H,1H3. The molecule has 0 radical (unpaired) electrons. The van der Waals surface area contributed by atoms with Crippen molar-refractivity contribution in [2.45, 2.75) is 41.5 Å². The minimum atomic E-state index is 0.972. The molecular formula is C38H36O2S2. The Labute approximate surface area is 255 Å². The average molecular weight is 589 g/mol. The lowest BCUT2D eigenvalue weighted by atomic mass is 10.1. The highest BCUT2D eigenvalue weighted by molar-refractivity contribution is 7.17. The second kappa shape index (κ2) is 13.2. The van der Waals surface area contributed by atoms with Crippen molar-refractivity contribution in [3.05, 3.63) is 142 Å². The molecule has 0 amide bonds. The molecule has 0 aliphatic carbocycles. The normalized spacial score (nSPS) is 10.6. The number of rotatable bonds is 0. The number of para-hydroxylation sites is 1. The Kier molecular flexibility index (Phi) is 9.26. The van der Waals surface area contributed by atoms with Crippen molar-refractivity contribution in [3.63, 3.8) is 0 Å². The molecule has 0 bridgehead atoms. The topological polar surface area (TPSA) is 26.3 Å². The largest absolute Gasteiger partial charge is 0.464 e. The number of hydrogen-bond acceptors (Lipinski definition) is 4. The van der Waals surface area contributed by atoms with Crippen LogP contribution in [-0.2, 0) is 0 Å². The van der Waals surface area contributed by atoms with Gasteiger partial charge >= 0.3 is 0 Å². The molecule has 212 valence electrons. The fraction of sp³-hybridized carbons (Fsp3) is 0.158. The van der Waals surface area contributed by atoms with Crippen LogP contribution >= 0.6 is 22.7 Å². The Morgan fingerprint density at radius 2 is 0.929 bits per heavy atom. The quantitative estimate of drug-likeness (QED) is 0.176. The Hall–Kier alpha value is -4.12. The van der Waals surface area contributed by atoms with Crippen molar-refractivity contribution in [2.24, 2.45) is 0 Å².